The number of hydrogen-bond donors (Lipinski definition) is 0. The summed E-state index contributed by atoms with van der Waals surface area (Å²) in [7, 11) is -3.18. The third kappa shape index (κ3) is 9.41. The SMILES string of the molecule is PCc1ccc(C[P+](CC[P+](Cc2ccc(C[P+](c3ccccc3)(c3ccccc3)c3ccccc3)cc2)(c2ccccc2)c2ccccc2)(c2ccccc2)c2ccccc2)cc1. The highest BCUT2D eigenvalue weighted by atomic mass is 31.2. The fourth-order valence-corrected chi connectivity index (χ4v) is 24.3. The maximum absolute atomic E-state index is 2.89. The van der Waals surface area contributed by atoms with Crippen LogP contribution in [0.1, 0.15) is 22.3 Å². The van der Waals surface area contributed by atoms with Crippen LogP contribution in [0, 0.1) is 0 Å². The summed E-state index contributed by atoms with van der Waals surface area (Å²) in [5, 5.41) is 10.2. The highest BCUT2D eigenvalue weighted by molar-refractivity contribution is 7.95. The van der Waals surface area contributed by atoms with Crippen LogP contribution in [0.15, 0.2) is 261 Å². The van der Waals surface area contributed by atoms with Gasteiger partial charge in [0.05, 0.1) is 54.2 Å². The van der Waals surface area contributed by atoms with Crippen LogP contribution in [0.2, 0.25) is 0 Å². The molecule has 64 heavy (non-hydrogen) atoms. The molecule has 9 aromatic carbocycles. The smallest absolute Gasteiger partial charge is 0.116 e. The molecule has 0 saturated heterocycles. The van der Waals surface area contributed by atoms with Crippen LogP contribution in [-0.4, -0.2) is 12.3 Å². The van der Waals surface area contributed by atoms with E-state index in [0.29, 0.717) is 0 Å². The molecule has 9 rings (SSSR count). The van der Waals surface area contributed by atoms with Crippen LogP contribution in [-0.2, 0) is 24.6 Å². The van der Waals surface area contributed by atoms with Crippen molar-refractivity contribution in [3.63, 3.8) is 0 Å². The summed E-state index contributed by atoms with van der Waals surface area (Å²) < 4.78 is 0. The topological polar surface area (TPSA) is 0 Å². The molecule has 0 spiro atoms. The zero-order valence-corrected chi connectivity index (χ0v) is 40.3. The van der Waals surface area contributed by atoms with Gasteiger partial charge in [-0.2, -0.15) is 0 Å². The minimum absolute atomic E-state index is 0.961. The van der Waals surface area contributed by atoms with Crippen molar-refractivity contribution in [1.82, 2.24) is 0 Å². The molecule has 0 bridgehead atoms. The van der Waals surface area contributed by atoms with Crippen molar-refractivity contribution in [3.8, 4) is 0 Å². The van der Waals surface area contributed by atoms with Gasteiger partial charge in [-0.1, -0.05) is 176 Å². The Balaban J connectivity index is 1.15. The van der Waals surface area contributed by atoms with Crippen LogP contribution in [0.3, 0.4) is 0 Å². The Morgan fingerprint density at radius 3 is 0.703 bits per heavy atom. The van der Waals surface area contributed by atoms with E-state index in [9.17, 15) is 0 Å². The standard InChI is InChI=1S/C60H57P4/c61-46-50-36-38-51(39-37-50)47-62(54-22-8-1-9-23-54,55-24-10-2-11-25-55)44-45-63(56-26-12-3-13-27-56,57-28-14-4-15-29-57)48-52-40-42-53(43-41-52)49-64(58-30-16-5-17-31-58,59-32-18-6-19-33-59)60-34-20-7-21-35-60/h1-43H,44-49,61H2/q+3. The molecule has 4 heteroatoms. The lowest BCUT2D eigenvalue weighted by Crippen LogP contribution is -2.33. The van der Waals surface area contributed by atoms with E-state index in [1.54, 1.807) is 0 Å². The minimum Gasteiger partial charge on any atom is -0.133 e. The van der Waals surface area contributed by atoms with Crippen molar-refractivity contribution in [2.75, 3.05) is 12.3 Å². The average Bonchev–Trinajstić information content (AvgIpc) is 3.39. The van der Waals surface area contributed by atoms with Gasteiger partial charge in [0.2, 0.25) is 0 Å². The monoisotopic (exact) mass is 901 g/mol. The zero-order chi connectivity index (χ0) is 43.5. The summed E-state index contributed by atoms with van der Waals surface area (Å²) in [5.74, 6) is 0. The van der Waals surface area contributed by atoms with Gasteiger partial charge < -0.3 is 0 Å². The van der Waals surface area contributed by atoms with Gasteiger partial charge in [0, 0.05) is 0 Å². The largest absolute Gasteiger partial charge is 0.133 e. The summed E-state index contributed by atoms with van der Waals surface area (Å²) in [6.45, 7) is 0. The van der Waals surface area contributed by atoms with Gasteiger partial charge in [-0.3, -0.25) is 0 Å². The van der Waals surface area contributed by atoms with Gasteiger partial charge >= 0.3 is 0 Å². The number of rotatable bonds is 17. The Morgan fingerprint density at radius 1 is 0.234 bits per heavy atom. The van der Waals surface area contributed by atoms with Gasteiger partial charge in [-0.15, -0.1) is 9.24 Å². The van der Waals surface area contributed by atoms with Crippen molar-refractivity contribution >= 4 is 68.2 Å². The van der Waals surface area contributed by atoms with E-state index in [4.69, 9.17) is 0 Å². The van der Waals surface area contributed by atoms with Crippen molar-refractivity contribution < 1.29 is 0 Å². The molecule has 0 fully saturated rings. The summed E-state index contributed by atoms with van der Waals surface area (Å²) >= 11 is 0. The first kappa shape index (κ1) is 43.9. The minimum atomic E-state index is -2.05. The summed E-state index contributed by atoms with van der Waals surface area (Å²) in [4.78, 5) is 0. The molecule has 1 unspecified atom stereocenters. The van der Waals surface area contributed by atoms with Crippen LogP contribution < -0.4 is 37.1 Å². The van der Waals surface area contributed by atoms with Crippen molar-refractivity contribution in [1.29, 1.82) is 0 Å². The molecule has 0 amide bonds. The molecule has 9 aromatic rings. The van der Waals surface area contributed by atoms with Gasteiger partial charge in [0.1, 0.15) is 35.5 Å². The first-order valence-corrected chi connectivity index (χ1v) is 29.6. The maximum Gasteiger partial charge on any atom is 0.116 e. The Morgan fingerprint density at radius 2 is 0.453 bits per heavy atom. The Kier molecular flexibility index (Phi) is 14.2. The molecule has 0 aliphatic carbocycles. The molecular formula is C60H57P4+3. The molecule has 0 radical (unpaired) electrons. The molecule has 0 saturated carbocycles. The van der Waals surface area contributed by atoms with Crippen LogP contribution in [0.25, 0.3) is 0 Å². The van der Waals surface area contributed by atoms with Gasteiger partial charge in [0.25, 0.3) is 0 Å². The molecule has 0 N–H and O–H groups in total. The van der Waals surface area contributed by atoms with Crippen LogP contribution >= 0.6 is 31.0 Å². The summed E-state index contributed by atoms with van der Waals surface area (Å²) in [6, 6.07) is 99.3. The maximum atomic E-state index is 2.89. The molecule has 0 aromatic heterocycles. The molecule has 1 atom stereocenters. The third-order valence-electron chi connectivity index (χ3n) is 13.1. The van der Waals surface area contributed by atoms with Gasteiger partial charge in [-0.25, -0.2) is 0 Å². The van der Waals surface area contributed by atoms with Crippen LogP contribution in [0.5, 0.6) is 0 Å². The van der Waals surface area contributed by atoms with E-state index in [1.165, 1.54) is 59.4 Å². The van der Waals surface area contributed by atoms with Gasteiger partial charge in [-0.05, 0) is 113 Å². The van der Waals surface area contributed by atoms with E-state index in [-0.39, 0.29) is 0 Å². The van der Waals surface area contributed by atoms with E-state index in [2.05, 4.69) is 270 Å². The lowest BCUT2D eigenvalue weighted by molar-refractivity contribution is 1.29. The highest BCUT2D eigenvalue weighted by Crippen LogP contribution is 2.66. The lowest BCUT2D eigenvalue weighted by Gasteiger charge is -2.33. The second kappa shape index (κ2) is 20.7. The second-order valence-corrected chi connectivity index (χ2v) is 28.2. The zero-order valence-electron chi connectivity index (χ0n) is 36.5. The van der Waals surface area contributed by atoms with E-state index in [0.717, 1.165) is 37.0 Å². The Hall–Kier alpha value is -5.30. The van der Waals surface area contributed by atoms with Gasteiger partial charge in [0.15, 0.2) is 0 Å². The number of hydrogen-bond acceptors (Lipinski definition) is 0. The Labute approximate surface area is 386 Å². The molecule has 0 aliphatic heterocycles. The van der Waals surface area contributed by atoms with Crippen molar-refractivity contribution in [3.05, 3.63) is 283 Å². The summed E-state index contributed by atoms with van der Waals surface area (Å²) in [5.41, 5.74) is 5.56. The summed E-state index contributed by atoms with van der Waals surface area (Å²) in [6.07, 6.45) is 6.18. The molecule has 0 nitrogen and oxygen atoms in total. The average molecular weight is 902 g/mol. The van der Waals surface area contributed by atoms with Crippen LogP contribution in [0.4, 0.5) is 0 Å². The van der Waals surface area contributed by atoms with E-state index < -0.39 is 21.8 Å². The molecule has 0 heterocycles. The number of benzene rings is 9. The fourth-order valence-electron chi connectivity index (χ4n) is 9.73. The predicted molar refractivity (Wildman–Crippen MR) is 290 cm³/mol. The highest BCUT2D eigenvalue weighted by Gasteiger charge is 2.51. The second-order valence-electron chi connectivity index (χ2n) is 16.9. The third-order valence-corrected chi connectivity index (χ3v) is 27.2. The van der Waals surface area contributed by atoms with E-state index in [1.807, 2.05) is 0 Å². The van der Waals surface area contributed by atoms with E-state index >= 15 is 0 Å². The lowest BCUT2D eigenvalue weighted by atomic mass is 10.2. The Bertz CT molecular complexity index is 2610. The normalized spacial score (nSPS) is 11.9. The first-order valence-electron chi connectivity index (χ1n) is 22.5. The fraction of sp³-hybridized carbons (Fsp3) is 0.100. The first-order chi connectivity index (χ1) is 31.6. The quantitative estimate of drug-likeness (QED) is 0.0799. The molecule has 0 aliphatic rings. The molecule has 314 valence electrons. The predicted octanol–water partition coefficient (Wildman–Crippen LogP) is 12.6. The van der Waals surface area contributed by atoms with Crippen molar-refractivity contribution in [2.45, 2.75) is 24.6 Å². The molecular weight excluding hydrogens is 845 g/mol. The van der Waals surface area contributed by atoms with Crippen molar-refractivity contribution in [2.24, 2.45) is 0 Å².